The van der Waals surface area contributed by atoms with Crippen LogP contribution in [-0.4, -0.2) is 40.4 Å². The molecule has 1 aromatic heterocycles. The molecule has 174 valence electrons. The number of sulfonamides is 1. The van der Waals surface area contributed by atoms with Crippen LogP contribution >= 0.6 is 0 Å². The van der Waals surface area contributed by atoms with Crippen LogP contribution in [0, 0.1) is 11.7 Å². The molecule has 4 rings (SSSR count). The number of amides is 1. The number of benzene rings is 2. The Labute approximate surface area is 188 Å². The van der Waals surface area contributed by atoms with Crippen molar-refractivity contribution in [2.24, 2.45) is 11.7 Å². The highest BCUT2D eigenvalue weighted by Gasteiger charge is 2.32. The summed E-state index contributed by atoms with van der Waals surface area (Å²) in [7, 11) is -2.28. The predicted octanol–water partition coefficient (Wildman–Crippen LogP) is 3.66. The van der Waals surface area contributed by atoms with Gasteiger partial charge in [-0.05, 0) is 49.1 Å². The molecule has 9 nitrogen and oxygen atoms in total. The highest BCUT2D eigenvalue weighted by molar-refractivity contribution is 7.92. The number of esters is 1. The number of halogens is 1. The molecular formula is C22H21FN2O7S. The number of nitrogens with zero attached hydrogens (tertiary/aromatic N) is 1. The van der Waals surface area contributed by atoms with Crippen LogP contribution in [0.3, 0.4) is 0 Å². The lowest BCUT2D eigenvalue weighted by Gasteiger charge is -2.24. The average Bonchev–Trinajstić information content (AvgIpc) is 3.48. The zero-order chi connectivity index (χ0) is 23.9. The van der Waals surface area contributed by atoms with Gasteiger partial charge in [-0.15, -0.1) is 0 Å². The van der Waals surface area contributed by atoms with Crippen LogP contribution in [0.4, 0.5) is 14.9 Å². The van der Waals surface area contributed by atoms with Crippen LogP contribution in [-0.2, 0) is 14.8 Å². The zero-order valence-corrected chi connectivity index (χ0v) is 18.6. The quantitative estimate of drug-likeness (QED) is 0.407. The van der Waals surface area contributed by atoms with Gasteiger partial charge in [-0.25, -0.2) is 22.4 Å². The second kappa shape index (κ2) is 8.39. The minimum absolute atomic E-state index is 0.00329. The van der Waals surface area contributed by atoms with Gasteiger partial charge in [-0.1, -0.05) is 0 Å². The first-order valence-corrected chi connectivity index (χ1v) is 11.8. The third kappa shape index (κ3) is 4.63. The van der Waals surface area contributed by atoms with Crippen LogP contribution in [0.5, 0.6) is 5.75 Å². The largest absolute Gasteiger partial charge is 0.495 e. The average molecular weight is 476 g/mol. The van der Waals surface area contributed by atoms with Gasteiger partial charge < -0.3 is 19.6 Å². The molecule has 0 unspecified atom stereocenters. The van der Waals surface area contributed by atoms with E-state index in [0.29, 0.717) is 5.56 Å². The van der Waals surface area contributed by atoms with Gasteiger partial charge in [0, 0.05) is 23.6 Å². The smallest absolute Gasteiger partial charge is 0.412 e. The third-order valence-electron chi connectivity index (χ3n) is 5.28. The molecule has 3 aromatic rings. The number of primary amides is 1. The third-order valence-corrected chi connectivity index (χ3v) is 6.43. The van der Waals surface area contributed by atoms with E-state index in [1.54, 1.807) is 0 Å². The Bertz CT molecular complexity index is 1350. The van der Waals surface area contributed by atoms with E-state index in [4.69, 9.17) is 14.9 Å². The number of ether oxygens (including phenoxy) is 2. The summed E-state index contributed by atoms with van der Waals surface area (Å²) in [6.07, 6.45) is 1.64. The molecule has 0 spiro atoms. The Hall–Kier alpha value is -3.60. The molecule has 1 fully saturated rings. The number of hydrogen-bond acceptors (Lipinski definition) is 7. The van der Waals surface area contributed by atoms with Gasteiger partial charge in [0.15, 0.2) is 0 Å². The lowest BCUT2D eigenvalue weighted by atomic mass is 10.0. The molecule has 1 amide bonds. The number of carbonyl (C=O) groups is 2. The van der Waals surface area contributed by atoms with Gasteiger partial charge >= 0.3 is 12.1 Å². The molecule has 2 N–H and O–H groups in total. The maximum absolute atomic E-state index is 13.4. The fraction of sp³-hybridized carbons (Fsp3) is 0.273. The van der Waals surface area contributed by atoms with Gasteiger partial charge in [-0.2, -0.15) is 0 Å². The fourth-order valence-corrected chi connectivity index (χ4v) is 4.55. The number of hydrogen-bond donors (Lipinski definition) is 1. The Kier molecular flexibility index (Phi) is 5.75. The van der Waals surface area contributed by atoms with Gasteiger partial charge in [0.1, 0.15) is 28.5 Å². The number of furan rings is 1. The van der Waals surface area contributed by atoms with Crippen molar-refractivity contribution in [2.75, 3.05) is 24.2 Å². The molecule has 0 saturated heterocycles. The number of carbonyl (C=O) groups excluding carboxylic acids is 2. The van der Waals surface area contributed by atoms with Crippen molar-refractivity contribution in [1.29, 1.82) is 0 Å². The van der Waals surface area contributed by atoms with Gasteiger partial charge in [-0.3, -0.25) is 4.31 Å². The predicted molar refractivity (Wildman–Crippen MR) is 118 cm³/mol. The standard InChI is InChI=1S/C22H21FN2O7S/c1-30-18-9-15-17(10-16(18)25(33(2,28)29)11-12-3-4-12)31-20(13-5-7-14(23)8-6-13)19(15)21(26)32-22(24)27/h5-10,12H,3-4,11H2,1-2H3,(H2,24,27). The van der Waals surface area contributed by atoms with E-state index in [2.05, 4.69) is 4.74 Å². The van der Waals surface area contributed by atoms with Crippen molar-refractivity contribution in [3.8, 4) is 17.1 Å². The van der Waals surface area contributed by atoms with Crippen LogP contribution in [0.1, 0.15) is 23.2 Å². The first-order chi connectivity index (χ1) is 15.6. The molecule has 0 radical (unpaired) electrons. The monoisotopic (exact) mass is 476 g/mol. The molecule has 2 aromatic carbocycles. The minimum atomic E-state index is -3.65. The lowest BCUT2D eigenvalue weighted by Crippen LogP contribution is -2.32. The molecule has 11 heteroatoms. The molecule has 0 bridgehead atoms. The Morgan fingerprint density at radius 1 is 1.21 bits per heavy atom. The Morgan fingerprint density at radius 3 is 2.42 bits per heavy atom. The summed E-state index contributed by atoms with van der Waals surface area (Å²) in [5, 5.41) is 0.209. The van der Waals surface area contributed by atoms with E-state index in [-0.39, 0.29) is 46.2 Å². The molecule has 1 aliphatic carbocycles. The number of methoxy groups -OCH3 is 1. The molecule has 0 aliphatic heterocycles. The van der Waals surface area contributed by atoms with Crippen molar-refractivity contribution in [3.63, 3.8) is 0 Å². The van der Waals surface area contributed by atoms with Crippen LogP contribution in [0.15, 0.2) is 40.8 Å². The van der Waals surface area contributed by atoms with E-state index >= 15 is 0 Å². The van der Waals surface area contributed by atoms with Crippen LogP contribution in [0.25, 0.3) is 22.3 Å². The van der Waals surface area contributed by atoms with Gasteiger partial charge in [0.05, 0.1) is 19.1 Å². The Balaban J connectivity index is 1.95. The first-order valence-electron chi connectivity index (χ1n) is 9.98. The van der Waals surface area contributed by atoms with Crippen molar-refractivity contribution in [2.45, 2.75) is 12.8 Å². The van der Waals surface area contributed by atoms with E-state index < -0.39 is 27.9 Å². The highest BCUT2D eigenvalue weighted by atomic mass is 32.2. The second-order valence-corrected chi connectivity index (χ2v) is 9.69. The summed E-state index contributed by atoms with van der Waals surface area (Å²) in [5.74, 6) is -1.15. The van der Waals surface area contributed by atoms with Crippen molar-refractivity contribution in [3.05, 3.63) is 47.8 Å². The van der Waals surface area contributed by atoms with Gasteiger partial charge in [0.2, 0.25) is 10.0 Å². The second-order valence-electron chi connectivity index (χ2n) is 7.78. The number of fused-ring (bicyclic) bond motifs is 1. The summed E-state index contributed by atoms with van der Waals surface area (Å²) in [5.41, 5.74) is 5.60. The number of anilines is 1. The van der Waals surface area contributed by atoms with Crippen LogP contribution in [0.2, 0.25) is 0 Å². The lowest BCUT2D eigenvalue weighted by molar-refractivity contribution is 0.0640. The van der Waals surface area contributed by atoms with E-state index in [9.17, 15) is 22.4 Å². The zero-order valence-electron chi connectivity index (χ0n) is 17.8. The van der Waals surface area contributed by atoms with Crippen LogP contribution < -0.4 is 14.8 Å². The number of rotatable bonds is 7. The normalized spacial score (nSPS) is 13.7. The van der Waals surface area contributed by atoms with Gasteiger partial charge in [0.25, 0.3) is 0 Å². The van der Waals surface area contributed by atoms with Crippen molar-refractivity contribution in [1.82, 2.24) is 0 Å². The first kappa shape index (κ1) is 22.6. The summed E-state index contributed by atoms with van der Waals surface area (Å²) in [6, 6.07) is 8.03. The molecule has 1 heterocycles. The molecule has 1 saturated carbocycles. The van der Waals surface area contributed by atoms with E-state index in [1.807, 2.05) is 0 Å². The molecular weight excluding hydrogens is 455 g/mol. The number of nitrogens with two attached hydrogens (primary N) is 1. The molecule has 33 heavy (non-hydrogen) atoms. The maximum Gasteiger partial charge on any atom is 0.412 e. The summed E-state index contributed by atoms with van der Waals surface area (Å²) < 4.78 is 55.7. The van der Waals surface area contributed by atoms with Crippen molar-refractivity contribution < 1.29 is 36.3 Å². The highest BCUT2D eigenvalue weighted by Crippen LogP contribution is 2.42. The van der Waals surface area contributed by atoms with E-state index in [0.717, 1.165) is 19.1 Å². The maximum atomic E-state index is 13.4. The fourth-order valence-electron chi connectivity index (χ4n) is 3.57. The minimum Gasteiger partial charge on any atom is -0.495 e. The Morgan fingerprint density at radius 2 is 1.88 bits per heavy atom. The molecule has 0 atom stereocenters. The summed E-state index contributed by atoms with van der Waals surface area (Å²) >= 11 is 0. The summed E-state index contributed by atoms with van der Waals surface area (Å²) in [4.78, 5) is 23.9. The summed E-state index contributed by atoms with van der Waals surface area (Å²) in [6.45, 7) is 0.281. The molecule has 1 aliphatic rings. The van der Waals surface area contributed by atoms with Crippen molar-refractivity contribution >= 4 is 38.7 Å². The van der Waals surface area contributed by atoms with E-state index in [1.165, 1.54) is 47.8 Å². The topological polar surface area (TPSA) is 129 Å². The SMILES string of the molecule is COc1cc2c(C(=O)OC(N)=O)c(-c3ccc(F)cc3)oc2cc1N(CC1CC1)S(C)(=O)=O.